The number of aliphatic hydroxyl groups is 1. The zero-order valence-corrected chi connectivity index (χ0v) is 10.9. The Labute approximate surface area is 104 Å². The Kier molecular flexibility index (Phi) is 3.85. The average molecular weight is 233 g/mol. The molecule has 0 radical (unpaired) electrons. The maximum atomic E-state index is 9.57. The molecular weight excluding hydrogens is 210 g/mol. The molecule has 2 rings (SSSR count). The van der Waals surface area contributed by atoms with Crippen LogP contribution in [0.1, 0.15) is 42.4 Å². The van der Waals surface area contributed by atoms with Crippen molar-refractivity contribution in [1.82, 2.24) is 5.32 Å². The van der Waals surface area contributed by atoms with Crippen molar-refractivity contribution in [2.24, 2.45) is 0 Å². The van der Waals surface area contributed by atoms with E-state index < -0.39 is 0 Å². The van der Waals surface area contributed by atoms with Gasteiger partial charge in [-0.25, -0.2) is 0 Å². The topological polar surface area (TPSA) is 32.3 Å². The molecule has 0 amide bonds. The van der Waals surface area contributed by atoms with E-state index in [1.165, 1.54) is 29.5 Å². The molecule has 2 N–H and O–H groups in total. The lowest BCUT2D eigenvalue weighted by molar-refractivity contribution is 0.163. The Morgan fingerprint density at radius 1 is 1.18 bits per heavy atom. The van der Waals surface area contributed by atoms with Gasteiger partial charge in [0.1, 0.15) is 0 Å². The number of aliphatic hydroxyl groups excluding tert-OH is 1. The van der Waals surface area contributed by atoms with Gasteiger partial charge in [0.2, 0.25) is 0 Å². The van der Waals surface area contributed by atoms with Crippen molar-refractivity contribution < 1.29 is 5.11 Å². The van der Waals surface area contributed by atoms with Crippen molar-refractivity contribution in [3.63, 3.8) is 0 Å². The SMILES string of the molecule is Cc1cccc(C)c1CNC1(CO)CCCC1. The van der Waals surface area contributed by atoms with Crippen molar-refractivity contribution in [1.29, 1.82) is 0 Å². The molecule has 0 unspecified atom stereocenters. The largest absolute Gasteiger partial charge is 0.394 e. The van der Waals surface area contributed by atoms with Crippen LogP contribution < -0.4 is 5.32 Å². The molecule has 0 atom stereocenters. The van der Waals surface area contributed by atoms with Crippen LogP contribution in [0.4, 0.5) is 0 Å². The van der Waals surface area contributed by atoms with Crippen molar-refractivity contribution in [3.05, 3.63) is 34.9 Å². The van der Waals surface area contributed by atoms with E-state index in [1.807, 2.05) is 0 Å². The van der Waals surface area contributed by atoms with Gasteiger partial charge in [-0.3, -0.25) is 0 Å². The third-order valence-corrected chi connectivity index (χ3v) is 4.15. The highest BCUT2D eigenvalue weighted by Gasteiger charge is 2.32. The summed E-state index contributed by atoms with van der Waals surface area (Å²) in [6.07, 6.45) is 4.68. The first kappa shape index (κ1) is 12.6. The number of rotatable bonds is 4. The molecule has 2 nitrogen and oxygen atoms in total. The van der Waals surface area contributed by atoms with Crippen LogP contribution in [-0.2, 0) is 6.54 Å². The van der Waals surface area contributed by atoms with Gasteiger partial charge in [-0.05, 0) is 43.4 Å². The van der Waals surface area contributed by atoms with Crippen LogP contribution in [0.15, 0.2) is 18.2 Å². The Morgan fingerprint density at radius 3 is 2.29 bits per heavy atom. The maximum Gasteiger partial charge on any atom is 0.0613 e. The van der Waals surface area contributed by atoms with Crippen molar-refractivity contribution >= 4 is 0 Å². The predicted octanol–water partition coefficient (Wildman–Crippen LogP) is 2.70. The molecular formula is C15H23NO. The van der Waals surface area contributed by atoms with Crippen LogP contribution in [0.5, 0.6) is 0 Å². The molecule has 1 aliphatic carbocycles. The summed E-state index contributed by atoms with van der Waals surface area (Å²) in [5.74, 6) is 0. The Balaban J connectivity index is 2.06. The summed E-state index contributed by atoms with van der Waals surface area (Å²) >= 11 is 0. The van der Waals surface area contributed by atoms with Gasteiger partial charge in [0, 0.05) is 12.1 Å². The first-order valence-electron chi connectivity index (χ1n) is 6.58. The first-order chi connectivity index (χ1) is 8.17. The van der Waals surface area contributed by atoms with Gasteiger partial charge >= 0.3 is 0 Å². The van der Waals surface area contributed by atoms with Crippen molar-refractivity contribution in [2.75, 3.05) is 6.61 Å². The quantitative estimate of drug-likeness (QED) is 0.838. The molecule has 1 aromatic carbocycles. The average Bonchev–Trinajstić information content (AvgIpc) is 2.78. The molecule has 0 spiro atoms. The molecule has 1 aromatic rings. The van der Waals surface area contributed by atoms with Crippen LogP contribution in [-0.4, -0.2) is 17.3 Å². The van der Waals surface area contributed by atoms with Crippen LogP contribution in [0, 0.1) is 13.8 Å². The predicted molar refractivity (Wildman–Crippen MR) is 71.0 cm³/mol. The lowest BCUT2D eigenvalue weighted by Gasteiger charge is -2.29. The van der Waals surface area contributed by atoms with Gasteiger partial charge in [0.25, 0.3) is 0 Å². The van der Waals surface area contributed by atoms with Crippen LogP contribution in [0.3, 0.4) is 0 Å². The second-order valence-corrected chi connectivity index (χ2v) is 5.37. The molecule has 0 heterocycles. The van der Waals surface area contributed by atoms with Crippen LogP contribution in [0.25, 0.3) is 0 Å². The van der Waals surface area contributed by atoms with Gasteiger partial charge in [0.05, 0.1) is 6.61 Å². The summed E-state index contributed by atoms with van der Waals surface area (Å²) in [7, 11) is 0. The molecule has 2 heteroatoms. The fourth-order valence-electron chi connectivity index (χ4n) is 2.85. The monoisotopic (exact) mass is 233 g/mol. The molecule has 1 fully saturated rings. The Morgan fingerprint density at radius 2 is 1.76 bits per heavy atom. The summed E-state index contributed by atoms with van der Waals surface area (Å²) in [5.41, 5.74) is 4.04. The normalized spacial score (nSPS) is 18.5. The molecule has 1 saturated carbocycles. The first-order valence-corrected chi connectivity index (χ1v) is 6.58. The smallest absolute Gasteiger partial charge is 0.0613 e. The van der Waals surface area contributed by atoms with Gasteiger partial charge < -0.3 is 10.4 Å². The molecule has 0 aliphatic heterocycles. The van der Waals surface area contributed by atoms with Gasteiger partial charge in [-0.2, -0.15) is 0 Å². The lowest BCUT2D eigenvalue weighted by Crippen LogP contribution is -2.45. The molecule has 17 heavy (non-hydrogen) atoms. The van der Waals surface area contributed by atoms with Gasteiger partial charge in [-0.1, -0.05) is 31.0 Å². The highest BCUT2D eigenvalue weighted by Crippen LogP contribution is 2.29. The van der Waals surface area contributed by atoms with Gasteiger partial charge in [0.15, 0.2) is 0 Å². The lowest BCUT2D eigenvalue weighted by atomic mass is 9.96. The molecule has 94 valence electrons. The minimum absolute atomic E-state index is 0.0191. The number of nitrogens with one attached hydrogen (secondary N) is 1. The van der Waals surface area contributed by atoms with E-state index in [9.17, 15) is 5.11 Å². The maximum absolute atomic E-state index is 9.57. The van der Waals surface area contributed by atoms with Crippen molar-refractivity contribution in [3.8, 4) is 0 Å². The molecule has 0 bridgehead atoms. The number of hydrogen-bond acceptors (Lipinski definition) is 2. The minimum atomic E-state index is -0.0191. The zero-order chi connectivity index (χ0) is 12.3. The number of aryl methyl sites for hydroxylation is 2. The minimum Gasteiger partial charge on any atom is -0.394 e. The fourth-order valence-corrected chi connectivity index (χ4v) is 2.85. The third kappa shape index (κ3) is 2.70. The highest BCUT2D eigenvalue weighted by molar-refractivity contribution is 5.33. The van der Waals surface area contributed by atoms with E-state index in [4.69, 9.17) is 0 Å². The summed E-state index contributed by atoms with van der Waals surface area (Å²) in [4.78, 5) is 0. The Bertz CT molecular complexity index is 360. The fraction of sp³-hybridized carbons (Fsp3) is 0.600. The molecule has 1 aliphatic rings. The van der Waals surface area contributed by atoms with E-state index in [0.29, 0.717) is 0 Å². The van der Waals surface area contributed by atoms with E-state index in [0.717, 1.165) is 19.4 Å². The summed E-state index contributed by atoms with van der Waals surface area (Å²) in [5, 5.41) is 13.2. The summed E-state index contributed by atoms with van der Waals surface area (Å²) in [6, 6.07) is 6.42. The van der Waals surface area contributed by atoms with E-state index in [1.54, 1.807) is 0 Å². The standard InChI is InChI=1S/C15H23NO/c1-12-6-5-7-13(2)14(12)10-16-15(11-17)8-3-4-9-15/h5-7,16-17H,3-4,8-11H2,1-2H3. The van der Waals surface area contributed by atoms with Crippen LogP contribution in [0.2, 0.25) is 0 Å². The molecule has 0 aromatic heterocycles. The Hall–Kier alpha value is -0.860. The second-order valence-electron chi connectivity index (χ2n) is 5.37. The number of hydrogen-bond donors (Lipinski definition) is 2. The highest BCUT2D eigenvalue weighted by atomic mass is 16.3. The summed E-state index contributed by atoms with van der Waals surface area (Å²) < 4.78 is 0. The second kappa shape index (κ2) is 5.19. The van der Waals surface area contributed by atoms with Gasteiger partial charge in [-0.15, -0.1) is 0 Å². The zero-order valence-electron chi connectivity index (χ0n) is 10.9. The van der Waals surface area contributed by atoms with E-state index in [-0.39, 0.29) is 12.1 Å². The van der Waals surface area contributed by atoms with Crippen molar-refractivity contribution in [2.45, 2.75) is 51.6 Å². The number of benzene rings is 1. The van der Waals surface area contributed by atoms with Crippen LogP contribution >= 0.6 is 0 Å². The van der Waals surface area contributed by atoms with E-state index in [2.05, 4.69) is 37.4 Å². The van der Waals surface area contributed by atoms with E-state index >= 15 is 0 Å². The summed E-state index contributed by atoms with van der Waals surface area (Å²) in [6.45, 7) is 5.45. The molecule has 0 saturated heterocycles. The third-order valence-electron chi connectivity index (χ3n) is 4.15.